The smallest absolute Gasteiger partial charge is 0.150 e. The van der Waals surface area contributed by atoms with Gasteiger partial charge in [-0.3, -0.25) is 4.79 Å². The summed E-state index contributed by atoms with van der Waals surface area (Å²) in [5.74, 6) is 0. The Morgan fingerprint density at radius 1 is 1.00 bits per heavy atom. The molecule has 0 spiro atoms. The molecule has 0 bridgehead atoms. The summed E-state index contributed by atoms with van der Waals surface area (Å²) in [6.07, 6.45) is 0.900. The minimum Gasteiger partial charge on any atom is -0.298 e. The second-order valence-electron chi connectivity index (χ2n) is 4.00. The van der Waals surface area contributed by atoms with Gasteiger partial charge >= 0.3 is 0 Å². The van der Waals surface area contributed by atoms with Gasteiger partial charge in [-0.05, 0) is 43.2 Å². The highest BCUT2D eigenvalue weighted by Crippen LogP contribution is 2.30. The van der Waals surface area contributed by atoms with Crippen molar-refractivity contribution < 1.29 is 4.79 Å². The summed E-state index contributed by atoms with van der Waals surface area (Å²) in [6.45, 7) is 4.07. The van der Waals surface area contributed by atoms with Crippen molar-refractivity contribution in [1.29, 1.82) is 0 Å². The predicted octanol–water partition coefficient (Wildman–Crippen LogP) is 4.27. The van der Waals surface area contributed by atoms with Gasteiger partial charge in [0.1, 0.15) is 6.29 Å². The van der Waals surface area contributed by atoms with Crippen LogP contribution < -0.4 is 0 Å². The molecular formula is C15H14OS. The Morgan fingerprint density at radius 3 is 2.41 bits per heavy atom. The summed E-state index contributed by atoms with van der Waals surface area (Å²) in [5, 5.41) is 0. The van der Waals surface area contributed by atoms with Crippen molar-refractivity contribution in [2.75, 3.05) is 0 Å². The summed E-state index contributed by atoms with van der Waals surface area (Å²) in [7, 11) is 0. The second-order valence-corrected chi connectivity index (χ2v) is 5.12. The molecule has 2 heteroatoms. The maximum atomic E-state index is 10.7. The van der Waals surface area contributed by atoms with Gasteiger partial charge in [-0.25, -0.2) is 0 Å². The molecule has 2 rings (SSSR count). The van der Waals surface area contributed by atoms with E-state index in [9.17, 15) is 4.79 Å². The Balaban J connectivity index is 2.28. The van der Waals surface area contributed by atoms with Crippen LogP contribution in [0.3, 0.4) is 0 Å². The lowest BCUT2D eigenvalue weighted by atomic mass is 10.1. The number of aryl methyl sites for hydroxylation is 2. The second kappa shape index (κ2) is 5.19. The molecule has 0 aliphatic heterocycles. The van der Waals surface area contributed by atoms with Crippen molar-refractivity contribution in [3.05, 3.63) is 59.2 Å². The number of carbonyl (C=O) groups excluding carboxylic acids is 1. The van der Waals surface area contributed by atoms with Gasteiger partial charge in [-0.2, -0.15) is 0 Å². The van der Waals surface area contributed by atoms with E-state index in [1.165, 1.54) is 15.4 Å². The summed E-state index contributed by atoms with van der Waals surface area (Å²) >= 11 is 1.73. The molecule has 0 N–H and O–H groups in total. The van der Waals surface area contributed by atoms with E-state index in [1.54, 1.807) is 11.8 Å². The third kappa shape index (κ3) is 2.77. The van der Waals surface area contributed by atoms with Crippen LogP contribution in [0.25, 0.3) is 0 Å². The first-order valence-electron chi connectivity index (χ1n) is 5.50. The minimum atomic E-state index is 0.763. The van der Waals surface area contributed by atoms with Crippen molar-refractivity contribution in [2.24, 2.45) is 0 Å². The molecular weight excluding hydrogens is 228 g/mol. The molecule has 0 aliphatic rings. The van der Waals surface area contributed by atoms with E-state index in [1.807, 2.05) is 31.2 Å². The summed E-state index contributed by atoms with van der Waals surface area (Å²) in [5.41, 5.74) is 3.06. The Morgan fingerprint density at radius 2 is 1.76 bits per heavy atom. The van der Waals surface area contributed by atoms with Gasteiger partial charge in [-0.15, -0.1) is 0 Å². The average molecular weight is 242 g/mol. The Hall–Kier alpha value is -1.54. The van der Waals surface area contributed by atoms with Crippen LogP contribution in [0.2, 0.25) is 0 Å². The van der Waals surface area contributed by atoms with E-state index in [4.69, 9.17) is 0 Å². The molecule has 0 aliphatic carbocycles. The SMILES string of the molecule is Cc1cc(Sc2ccccc2C)ccc1C=O. The van der Waals surface area contributed by atoms with Crippen molar-refractivity contribution in [3.63, 3.8) is 0 Å². The van der Waals surface area contributed by atoms with E-state index in [-0.39, 0.29) is 0 Å². The Bertz CT molecular complexity index is 546. The highest BCUT2D eigenvalue weighted by atomic mass is 32.2. The molecule has 0 amide bonds. The lowest BCUT2D eigenvalue weighted by Gasteiger charge is -2.06. The van der Waals surface area contributed by atoms with E-state index >= 15 is 0 Å². The molecule has 2 aromatic carbocycles. The lowest BCUT2D eigenvalue weighted by molar-refractivity contribution is 0.112. The number of hydrogen-bond acceptors (Lipinski definition) is 2. The number of carbonyl (C=O) groups is 1. The molecule has 0 radical (unpaired) electrons. The van der Waals surface area contributed by atoms with Crippen LogP contribution in [0.4, 0.5) is 0 Å². The summed E-state index contributed by atoms with van der Waals surface area (Å²) < 4.78 is 0. The van der Waals surface area contributed by atoms with Crippen LogP contribution in [0, 0.1) is 13.8 Å². The maximum Gasteiger partial charge on any atom is 0.150 e. The number of hydrogen-bond donors (Lipinski definition) is 0. The highest BCUT2D eigenvalue weighted by molar-refractivity contribution is 7.99. The summed E-state index contributed by atoms with van der Waals surface area (Å²) in [4.78, 5) is 13.2. The first kappa shape index (κ1) is 11.9. The quantitative estimate of drug-likeness (QED) is 0.748. The molecule has 0 atom stereocenters. The number of rotatable bonds is 3. The standard InChI is InChI=1S/C15H14OS/c1-11-5-3-4-6-15(11)17-14-8-7-13(10-16)12(2)9-14/h3-10H,1-2H3. The third-order valence-electron chi connectivity index (χ3n) is 2.69. The van der Waals surface area contributed by atoms with Crippen molar-refractivity contribution in [2.45, 2.75) is 23.6 Å². The zero-order chi connectivity index (χ0) is 12.3. The maximum absolute atomic E-state index is 10.7. The number of aldehydes is 1. The van der Waals surface area contributed by atoms with E-state index in [2.05, 4.69) is 25.1 Å². The molecule has 86 valence electrons. The molecule has 0 aromatic heterocycles. The monoisotopic (exact) mass is 242 g/mol. The van der Waals surface area contributed by atoms with Gasteiger partial charge in [0.25, 0.3) is 0 Å². The number of benzene rings is 2. The summed E-state index contributed by atoms with van der Waals surface area (Å²) in [6, 6.07) is 14.2. The van der Waals surface area contributed by atoms with Crippen LogP contribution in [0.5, 0.6) is 0 Å². The van der Waals surface area contributed by atoms with Crippen molar-refractivity contribution in [3.8, 4) is 0 Å². The Kier molecular flexibility index (Phi) is 3.64. The van der Waals surface area contributed by atoms with E-state index in [0.717, 1.165) is 17.4 Å². The van der Waals surface area contributed by atoms with E-state index in [0.29, 0.717) is 0 Å². The molecule has 0 saturated carbocycles. The molecule has 0 heterocycles. The fourth-order valence-electron chi connectivity index (χ4n) is 1.64. The fourth-order valence-corrected chi connectivity index (χ4v) is 2.64. The van der Waals surface area contributed by atoms with Crippen molar-refractivity contribution in [1.82, 2.24) is 0 Å². The molecule has 17 heavy (non-hydrogen) atoms. The van der Waals surface area contributed by atoms with Crippen molar-refractivity contribution >= 4 is 18.0 Å². The molecule has 0 fully saturated rings. The first-order chi connectivity index (χ1) is 8.20. The van der Waals surface area contributed by atoms with Gasteiger partial charge in [0.05, 0.1) is 0 Å². The van der Waals surface area contributed by atoms with Gasteiger partial charge in [0, 0.05) is 15.4 Å². The van der Waals surface area contributed by atoms with Crippen LogP contribution in [0.15, 0.2) is 52.3 Å². The lowest BCUT2D eigenvalue weighted by Crippen LogP contribution is -1.86. The van der Waals surface area contributed by atoms with Crippen LogP contribution in [-0.2, 0) is 0 Å². The Labute approximate surface area is 106 Å². The molecule has 0 unspecified atom stereocenters. The fraction of sp³-hybridized carbons (Fsp3) is 0.133. The van der Waals surface area contributed by atoms with E-state index < -0.39 is 0 Å². The predicted molar refractivity (Wildman–Crippen MR) is 71.9 cm³/mol. The van der Waals surface area contributed by atoms with Gasteiger partial charge in [0.15, 0.2) is 0 Å². The van der Waals surface area contributed by atoms with Gasteiger partial charge < -0.3 is 0 Å². The van der Waals surface area contributed by atoms with Crippen LogP contribution in [0.1, 0.15) is 21.5 Å². The zero-order valence-electron chi connectivity index (χ0n) is 9.94. The molecule has 0 saturated heterocycles. The minimum absolute atomic E-state index is 0.763. The zero-order valence-corrected chi connectivity index (χ0v) is 10.8. The first-order valence-corrected chi connectivity index (χ1v) is 6.31. The van der Waals surface area contributed by atoms with Crippen LogP contribution in [-0.4, -0.2) is 6.29 Å². The van der Waals surface area contributed by atoms with Gasteiger partial charge in [0.2, 0.25) is 0 Å². The molecule has 1 nitrogen and oxygen atoms in total. The topological polar surface area (TPSA) is 17.1 Å². The van der Waals surface area contributed by atoms with Gasteiger partial charge in [-0.1, -0.05) is 36.0 Å². The normalized spacial score (nSPS) is 10.2. The largest absolute Gasteiger partial charge is 0.298 e. The molecule has 2 aromatic rings. The third-order valence-corrected chi connectivity index (χ3v) is 3.86. The average Bonchev–Trinajstić information content (AvgIpc) is 2.32. The van der Waals surface area contributed by atoms with Crippen LogP contribution >= 0.6 is 11.8 Å². The highest BCUT2D eigenvalue weighted by Gasteiger charge is 2.02.